The molecule has 5 heteroatoms. The van der Waals surface area contributed by atoms with Crippen molar-refractivity contribution in [2.24, 2.45) is 11.8 Å². The molecule has 0 fully saturated rings. The Morgan fingerprint density at radius 1 is 0.690 bits per heavy atom. The minimum absolute atomic E-state index is 0.110. The minimum Gasteiger partial charge on any atom is -0.492 e. The zero-order valence-corrected chi connectivity index (χ0v) is 19.7. The first kappa shape index (κ1) is 23.9. The van der Waals surface area contributed by atoms with E-state index in [1.165, 1.54) is 0 Å². The Morgan fingerprint density at radius 2 is 1.07 bits per heavy atom. The summed E-state index contributed by atoms with van der Waals surface area (Å²) in [6.07, 6.45) is -0.221. The van der Waals surface area contributed by atoms with E-state index in [2.05, 4.69) is 27.7 Å². The third kappa shape index (κ3) is 6.28. The fourth-order valence-corrected chi connectivity index (χ4v) is 3.82. The van der Waals surface area contributed by atoms with E-state index >= 15 is 0 Å². The monoisotopic (exact) mass is 438 g/mol. The zero-order valence-electron chi connectivity index (χ0n) is 18.2. The standard InChI is InChI=1S/C24H32Cl2O3/c1-7-27-21-11-9-17(13-19(21)25)23(15(3)4)29-24(16(5)6)18-10-12-22(28-8-2)20(26)14-18/h9-16,23-24H,7-8H2,1-6H3. The molecule has 0 aliphatic carbocycles. The highest BCUT2D eigenvalue weighted by molar-refractivity contribution is 6.32. The largest absolute Gasteiger partial charge is 0.492 e. The van der Waals surface area contributed by atoms with Crippen LogP contribution < -0.4 is 9.47 Å². The van der Waals surface area contributed by atoms with E-state index in [9.17, 15) is 0 Å². The lowest BCUT2D eigenvalue weighted by Gasteiger charge is -2.31. The predicted molar refractivity (Wildman–Crippen MR) is 121 cm³/mol. The first-order valence-electron chi connectivity index (χ1n) is 10.3. The van der Waals surface area contributed by atoms with Crippen LogP contribution in [0.5, 0.6) is 11.5 Å². The van der Waals surface area contributed by atoms with Crippen molar-refractivity contribution in [2.45, 2.75) is 53.8 Å². The molecule has 0 spiro atoms. The average molecular weight is 439 g/mol. The highest BCUT2D eigenvalue weighted by Crippen LogP contribution is 2.39. The third-order valence-electron chi connectivity index (χ3n) is 4.67. The summed E-state index contributed by atoms with van der Waals surface area (Å²) in [4.78, 5) is 0. The van der Waals surface area contributed by atoms with E-state index in [0.717, 1.165) is 11.1 Å². The van der Waals surface area contributed by atoms with Gasteiger partial charge in [0.05, 0.1) is 35.5 Å². The van der Waals surface area contributed by atoms with Gasteiger partial charge in [0, 0.05) is 0 Å². The smallest absolute Gasteiger partial charge is 0.137 e. The van der Waals surface area contributed by atoms with Gasteiger partial charge in [0.15, 0.2) is 0 Å². The number of hydrogen-bond acceptors (Lipinski definition) is 3. The Hall–Kier alpha value is -1.42. The maximum Gasteiger partial charge on any atom is 0.137 e. The van der Waals surface area contributed by atoms with Crippen molar-refractivity contribution in [3.8, 4) is 11.5 Å². The molecule has 2 aromatic carbocycles. The van der Waals surface area contributed by atoms with Crippen LogP contribution in [-0.4, -0.2) is 13.2 Å². The molecule has 2 aromatic rings. The third-order valence-corrected chi connectivity index (χ3v) is 5.26. The Balaban J connectivity index is 2.33. The maximum atomic E-state index is 6.66. The Labute approximate surface area is 185 Å². The highest BCUT2D eigenvalue weighted by Gasteiger charge is 2.26. The molecule has 0 aliphatic rings. The molecule has 29 heavy (non-hydrogen) atoms. The fourth-order valence-electron chi connectivity index (χ4n) is 3.33. The summed E-state index contributed by atoms with van der Waals surface area (Å²) in [6, 6.07) is 11.8. The molecule has 0 amide bonds. The number of halogens is 2. The summed E-state index contributed by atoms with van der Waals surface area (Å²) in [5.41, 5.74) is 2.08. The van der Waals surface area contributed by atoms with Crippen LogP contribution in [0.3, 0.4) is 0 Å². The van der Waals surface area contributed by atoms with Crippen LogP contribution in [0.1, 0.15) is 64.9 Å². The van der Waals surface area contributed by atoms with E-state index in [1.807, 2.05) is 50.2 Å². The summed E-state index contributed by atoms with van der Waals surface area (Å²) in [7, 11) is 0. The van der Waals surface area contributed by atoms with E-state index in [4.69, 9.17) is 37.4 Å². The molecule has 2 unspecified atom stereocenters. The molecule has 0 heterocycles. The van der Waals surface area contributed by atoms with Gasteiger partial charge in [-0.05, 0) is 61.1 Å². The molecule has 0 saturated heterocycles. The summed E-state index contributed by atoms with van der Waals surface area (Å²) < 4.78 is 17.8. The van der Waals surface area contributed by atoms with Crippen LogP contribution in [0.4, 0.5) is 0 Å². The summed E-state index contributed by atoms with van der Waals surface area (Å²) in [5, 5.41) is 1.20. The molecule has 0 radical (unpaired) electrons. The molecule has 2 atom stereocenters. The van der Waals surface area contributed by atoms with Crippen molar-refractivity contribution < 1.29 is 14.2 Å². The maximum absolute atomic E-state index is 6.66. The van der Waals surface area contributed by atoms with Gasteiger partial charge in [0.25, 0.3) is 0 Å². The van der Waals surface area contributed by atoms with Crippen molar-refractivity contribution in [2.75, 3.05) is 13.2 Å². The van der Waals surface area contributed by atoms with Gasteiger partial charge >= 0.3 is 0 Å². The molecule has 2 rings (SSSR count). The normalized spacial score (nSPS) is 13.6. The van der Waals surface area contributed by atoms with Crippen LogP contribution in [0.2, 0.25) is 10.0 Å². The van der Waals surface area contributed by atoms with Gasteiger partial charge in [-0.25, -0.2) is 0 Å². The lowest BCUT2D eigenvalue weighted by Crippen LogP contribution is -2.19. The number of ether oxygens (including phenoxy) is 3. The van der Waals surface area contributed by atoms with E-state index < -0.39 is 0 Å². The van der Waals surface area contributed by atoms with Gasteiger partial charge in [-0.15, -0.1) is 0 Å². The van der Waals surface area contributed by atoms with Gasteiger partial charge in [-0.1, -0.05) is 63.0 Å². The van der Waals surface area contributed by atoms with Crippen molar-refractivity contribution in [1.29, 1.82) is 0 Å². The second-order valence-electron chi connectivity index (χ2n) is 7.71. The van der Waals surface area contributed by atoms with E-state index in [0.29, 0.717) is 34.8 Å². The second kappa shape index (κ2) is 11.1. The molecule has 160 valence electrons. The SMILES string of the molecule is CCOc1ccc(C(OC(c2ccc(OCC)c(Cl)c2)C(C)C)C(C)C)cc1Cl. The van der Waals surface area contributed by atoms with Crippen LogP contribution in [-0.2, 0) is 4.74 Å². The average Bonchev–Trinajstić information content (AvgIpc) is 2.65. The molecule has 0 N–H and O–H groups in total. The highest BCUT2D eigenvalue weighted by atomic mass is 35.5. The quantitative estimate of drug-likeness (QED) is 0.377. The topological polar surface area (TPSA) is 27.7 Å². The first-order valence-corrected chi connectivity index (χ1v) is 11.0. The fraction of sp³-hybridized carbons (Fsp3) is 0.500. The summed E-state index contributed by atoms with van der Waals surface area (Å²) >= 11 is 12.9. The van der Waals surface area contributed by atoms with Gasteiger partial charge in [-0.3, -0.25) is 0 Å². The Bertz CT molecular complexity index is 724. The molecule has 3 nitrogen and oxygen atoms in total. The molecular weight excluding hydrogens is 407 g/mol. The number of hydrogen-bond donors (Lipinski definition) is 0. The predicted octanol–water partition coefficient (Wildman–Crippen LogP) is 7.90. The number of rotatable bonds is 10. The molecular formula is C24H32Cl2O3. The molecule has 0 aromatic heterocycles. The van der Waals surface area contributed by atoms with Crippen LogP contribution in [0.25, 0.3) is 0 Å². The Kier molecular flexibility index (Phi) is 9.13. The second-order valence-corrected chi connectivity index (χ2v) is 8.53. The van der Waals surface area contributed by atoms with Gasteiger partial charge in [0.1, 0.15) is 11.5 Å². The summed E-state index contributed by atoms with van der Waals surface area (Å²) in [6.45, 7) is 13.7. The van der Waals surface area contributed by atoms with Crippen LogP contribution >= 0.6 is 23.2 Å². The van der Waals surface area contributed by atoms with Crippen LogP contribution in [0.15, 0.2) is 36.4 Å². The van der Waals surface area contributed by atoms with Crippen LogP contribution in [0, 0.1) is 11.8 Å². The molecule has 0 bridgehead atoms. The Morgan fingerprint density at radius 3 is 1.34 bits per heavy atom. The van der Waals surface area contributed by atoms with Crippen molar-refractivity contribution in [3.63, 3.8) is 0 Å². The van der Waals surface area contributed by atoms with E-state index in [1.54, 1.807) is 0 Å². The van der Waals surface area contributed by atoms with Gasteiger partial charge < -0.3 is 14.2 Å². The lowest BCUT2D eigenvalue weighted by atomic mass is 9.95. The lowest BCUT2D eigenvalue weighted by molar-refractivity contribution is -0.0610. The summed E-state index contributed by atoms with van der Waals surface area (Å²) in [5.74, 6) is 1.92. The minimum atomic E-state index is -0.110. The number of benzene rings is 2. The molecule has 0 saturated carbocycles. The van der Waals surface area contributed by atoms with Crippen molar-refractivity contribution in [1.82, 2.24) is 0 Å². The van der Waals surface area contributed by atoms with Crippen molar-refractivity contribution in [3.05, 3.63) is 57.6 Å². The van der Waals surface area contributed by atoms with Gasteiger partial charge in [0.2, 0.25) is 0 Å². The zero-order chi connectivity index (χ0) is 21.6. The van der Waals surface area contributed by atoms with Gasteiger partial charge in [-0.2, -0.15) is 0 Å². The molecule has 0 aliphatic heterocycles. The van der Waals surface area contributed by atoms with E-state index in [-0.39, 0.29) is 24.0 Å². The first-order chi connectivity index (χ1) is 13.8. The van der Waals surface area contributed by atoms with Crippen molar-refractivity contribution >= 4 is 23.2 Å².